The van der Waals surface area contributed by atoms with Gasteiger partial charge in [-0.2, -0.15) is 13.2 Å². The van der Waals surface area contributed by atoms with Crippen LogP contribution in [0, 0.1) is 6.92 Å². The molecule has 1 aromatic carbocycles. The minimum Gasteiger partial charge on any atom is -0.473 e. The first-order valence-corrected chi connectivity index (χ1v) is 8.14. The van der Waals surface area contributed by atoms with E-state index in [0.717, 1.165) is 5.69 Å². The molecule has 0 radical (unpaired) electrons. The maximum Gasteiger partial charge on any atom is 0.446 e. The molecule has 1 aromatic heterocycles. The van der Waals surface area contributed by atoms with Crippen LogP contribution in [0.5, 0.6) is 5.88 Å². The van der Waals surface area contributed by atoms with Gasteiger partial charge >= 0.3 is 5.51 Å². The summed E-state index contributed by atoms with van der Waals surface area (Å²) in [6.07, 6.45) is 0.403. The van der Waals surface area contributed by atoms with Gasteiger partial charge in [-0.3, -0.25) is 10.2 Å². The summed E-state index contributed by atoms with van der Waals surface area (Å²) in [6.45, 7) is 1.82. The molecule has 26 heavy (non-hydrogen) atoms. The third-order valence-electron chi connectivity index (χ3n) is 2.92. The van der Waals surface area contributed by atoms with Crippen molar-refractivity contribution >= 4 is 23.9 Å². The number of rotatable bonds is 6. The third kappa shape index (κ3) is 7.62. The fourth-order valence-corrected chi connectivity index (χ4v) is 2.60. The highest BCUT2D eigenvalue weighted by atomic mass is 32.2. The number of hydrogen-bond donors (Lipinski definition) is 3. The zero-order valence-corrected chi connectivity index (χ0v) is 14.9. The van der Waals surface area contributed by atoms with Crippen molar-refractivity contribution in [3.63, 3.8) is 0 Å². The molecule has 0 aliphatic carbocycles. The van der Waals surface area contributed by atoms with Gasteiger partial charge in [0.2, 0.25) is 12.3 Å². The smallest absolute Gasteiger partial charge is 0.446 e. The topological polar surface area (TPSA) is 89.3 Å². The van der Waals surface area contributed by atoms with E-state index in [2.05, 4.69) is 16.1 Å². The van der Waals surface area contributed by atoms with Crippen molar-refractivity contribution < 1.29 is 22.7 Å². The standard InChI is InChI=1S/C15H15F3N2OS.CH4N2O/c1-10-5-3-8-14(20-10)21-9-11-12(19-2)6-4-7-13(11)22-15(16,17)18;2-3-1-4/h3-8,19H,9H2,1-2H3;1H,2H2,(H,3,4). The molecule has 4 N–H and O–H groups in total. The SMILES string of the molecule is CNc1cccc(SC(F)(F)F)c1COc1cccc(C)n1.NNC=O. The highest BCUT2D eigenvalue weighted by Crippen LogP contribution is 2.40. The van der Waals surface area contributed by atoms with Gasteiger partial charge in [0, 0.05) is 35.0 Å². The van der Waals surface area contributed by atoms with Crippen molar-refractivity contribution in [3.05, 3.63) is 47.7 Å². The van der Waals surface area contributed by atoms with E-state index in [0.29, 0.717) is 23.5 Å². The van der Waals surface area contributed by atoms with Gasteiger partial charge in [0.1, 0.15) is 6.61 Å². The van der Waals surface area contributed by atoms with Crippen LogP contribution in [0.3, 0.4) is 0 Å². The number of hydrazine groups is 1. The van der Waals surface area contributed by atoms with Gasteiger partial charge in [0.25, 0.3) is 0 Å². The van der Waals surface area contributed by atoms with Crippen LogP contribution in [-0.4, -0.2) is 24.0 Å². The van der Waals surface area contributed by atoms with E-state index in [1.807, 2.05) is 13.0 Å². The van der Waals surface area contributed by atoms with E-state index in [1.165, 1.54) is 6.07 Å². The second-order valence-electron chi connectivity index (χ2n) is 4.77. The number of carbonyl (C=O) groups excluding carboxylic acids is 1. The quantitative estimate of drug-likeness (QED) is 0.231. The molecule has 0 unspecified atom stereocenters. The average Bonchev–Trinajstić information content (AvgIpc) is 2.59. The molecule has 2 rings (SSSR count). The van der Waals surface area contributed by atoms with Gasteiger partial charge in [-0.05, 0) is 36.9 Å². The Hall–Kier alpha value is -2.46. The molecule has 0 fully saturated rings. The summed E-state index contributed by atoms with van der Waals surface area (Å²) < 4.78 is 43.5. The molecule has 1 amide bonds. The molecule has 0 bridgehead atoms. The predicted molar refractivity (Wildman–Crippen MR) is 94.6 cm³/mol. The van der Waals surface area contributed by atoms with E-state index in [9.17, 15) is 13.2 Å². The van der Waals surface area contributed by atoms with Crippen LogP contribution < -0.4 is 21.3 Å². The predicted octanol–water partition coefficient (Wildman–Crippen LogP) is 3.23. The number of amides is 1. The van der Waals surface area contributed by atoms with Crippen molar-refractivity contribution in [1.82, 2.24) is 10.4 Å². The first kappa shape index (κ1) is 21.6. The number of aryl methyl sites for hydroxylation is 1. The minimum atomic E-state index is -4.34. The summed E-state index contributed by atoms with van der Waals surface area (Å²) in [5.41, 5.74) is -0.760. The van der Waals surface area contributed by atoms with Crippen molar-refractivity contribution in [1.29, 1.82) is 0 Å². The Morgan fingerprint density at radius 2 is 1.92 bits per heavy atom. The molecular formula is C16H19F3N4O2S. The molecule has 0 saturated carbocycles. The highest BCUT2D eigenvalue weighted by molar-refractivity contribution is 8.00. The van der Waals surface area contributed by atoms with Crippen LogP contribution in [0.15, 0.2) is 41.3 Å². The molecule has 6 nitrogen and oxygen atoms in total. The molecule has 0 spiro atoms. The molecule has 1 heterocycles. The lowest BCUT2D eigenvalue weighted by molar-refractivity contribution is -0.109. The monoisotopic (exact) mass is 388 g/mol. The van der Waals surface area contributed by atoms with Crippen molar-refractivity contribution in [3.8, 4) is 5.88 Å². The van der Waals surface area contributed by atoms with Crippen molar-refractivity contribution in [2.24, 2.45) is 5.84 Å². The maximum atomic E-state index is 12.7. The first-order chi connectivity index (χ1) is 12.3. The largest absolute Gasteiger partial charge is 0.473 e. The van der Waals surface area contributed by atoms with E-state index in [1.54, 1.807) is 36.7 Å². The Balaban J connectivity index is 0.000000765. The summed E-state index contributed by atoms with van der Waals surface area (Å²) in [4.78, 5) is 13.2. The summed E-state index contributed by atoms with van der Waals surface area (Å²) in [5.74, 6) is 4.79. The molecule has 0 aliphatic rings. The van der Waals surface area contributed by atoms with E-state index >= 15 is 0 Å². The summed E-state index contributed by atoms with van der Waals surface area (Å²) in [7, 11) is 1.66. The number of carbonyl (C=O) groups is 1. The molecule has 0 saturated heterocycles. The van der Waals surface area contributed by atoms with Gasteiger partial charge in [-0.25, -0.2) is 10.8 Å². The van der Waals surface area contributed by atoms with E-state index < -0.39 is 5.51 Å². The summed E-state index contributed by atoms with van der Waals surface area (Å²) >= 11 is -0.145. The van der Waals surface area contributed by atoms with Crippen LogP contribution in [-0.2, 0) is 11.4 Å². The summed E-state index contributed by atoms with van der Waals surface area (Å²) in [6, 6.07) is 10.00. The fourth-order valence-electron chi connectivity index (χ4n) is 1.91. The number of nitrogens with zero attached hydrogens (tertiary/aromatic N) is 1. The number of pyridine rings is 1. The number of anilines is 1. The van der Waals surface area contributed by atoms with Crippen LogP contribution in [0.25, 0.3) is 0 Å². The molecule has 10 heteroatoms. The van der Waals surface area contributed by atoms with Crippen molar-refractivity contribution in [2.75, 3.05) is 12.4 Å². The molecule has 0 atom stereocenters. The number of halogens is 3. The third-order valence-corrected chi connectivity index (χ3v) is 3.76. The minimum absolute atomic E-state index is 0.00583. The Morgan fingerprint density at radius 3 is 2.46 bits per heavy atom. The number of nitrogens with two attached hydrogens (primary N) is 1. The molecule has 142 valence electrons. The number of nitrogens with one attached hydrogen (secondary N) is 2. The number of aromatic nitrogens is 1. The number of alkyl halides is 3. The van der Waals surface area contributed by atoms with Gasteiger partial charge in [-0.1, -0.05) is 12.1 Å². The van der Waals surface area contributed by atoms with Gasteiger partial charge < -0.3 is 10.1 Å². The summed E-state index contributed by atoms with van der Waals surface area (Å²) in [5, 5.41) is 2.89. The number of benzene rings is 1. The Labute approximate surface area is 153 Å². The van der Waals surface area contributed by atoms with Gasteiger partial charge in [-0.15, -0.1) is 0 Å². The van der Waals surface area contributed by atoms with Gasteiger partial charge in [0.15, 0.2) is 0 Å². The first-order valence-electron chi connectivity index (χ1n) is 7.32. The number of hydrogen-bond acceptors (Lipinski definition) is 6. The highest BCUT2D eigenvalue weighted by Gasteiger charge is 2.31. The lowest BCUT2D eigenvalue weighted by Crippen LogP contribution is -2.18. The normalized spacial score (nSPS) is 10.4. The Kier molecular flexibility index (Phi) is 8.73. The van der Waals surface area contributed by atoms with Crippen LogP contribution in [0.2, 0.25) is 0 Å². The average molecular weight is 388 g/mol. The van der Waals surface area contributed by atoms with E-state index in [4.69, 9.17) is 9.53 Å². The second-order valence-corrected chi connectivity index (χ2v) is 5.88. The molecule has 2 aromatic rings. The lowest BCUT2D eigenvalue weighted by atomic mass is 10.2. The van der Waals surface area contributed by atoms with Crippen molar-refractivity contribution in [2.45, 2.75) is 23.9 Å². The molecular weight excluding hydrogens is 369 g/mol. The fraction of sp³-hybridized carbons (Fsp3) is 0.250. The number of ether oxygens (including phenoxy) is 1. The Morgan fingerprint density at radius 1 is 1.27 bits per heavy atom. The Bertz CT molecular complexity index is 714. The zero-order chi connectivity index (χ0) is 19.6. The molecule has 0 aliphatic heterocycles. The second kappa shape index (κ2) is 10.5. The maximum absolute atomic E-state index is 12.7. The van der Waals surface area contributed by atoms with Crippen LogP contribution in [0.1, 0.15) is 11.3 Å². The van der Waals surface area contributed by atoms with Gasteiger partial charge in [0.05, 0.1) is 0 Å². The zero-order valence-electron chi connectivity index (χ0n) is 14.1. The van der Waals surface area contributed by atoms with Crippen LogP contribution in [0.4, 0.5) is 18.9 Å². The number of thioether (sulfide) groups is 1. The van der Waals surface area contributed by atoms with Crippen LogP contribution >= 0.6 is 11.8 Å². The lowest BCUT2D eigenvalue weighted by Gasteiger charge is -2.16. The van der Waals surface area contributed by atoms with E-state index in [-0.39, 0.29) is 23.3 Å².